The Morgan fingerprint density at radius 3 is 2.94 bits per heavy atom. The van der Waals surface area contributed by atoms with Crippen LogP contribution >= 0.6 is 11.6 Å². The summed E-state index contributed by atoms with van der Waals surface area (Å²) in [6.45, 7) is 1.83. The van der Waals surface area contributed by atoms with E-state index < -0.39 is 6.10 Å². The Balaban J connectivity index is 2.28. The number of aromatic nitrogens is 3. The zero-order valence-electron chi connectivity index (χ0n) is 8.59. The van der Waals surface area contributed by atoms with Gasteiger partial charge in [-0.25, -0.2) is 4.98 Å². The summed E-state index contributed by atoms with van der Waals surface area (Å²) in [4.78, 5) is 8.08. The van der Waals surface area contributed by atoms with E-state index in [2.05, 4.69) is 15.1 Å². The molecule has 0 aliphatic carbocycles. The lowest BCUT2D eigenvalue weighted by atomic mass is 10.3. The number of nitrogens with zero attached hydrogens (tertiary/aromatic N) is 3. The molecular weight excluding hydrogens is 230 g/mol. The molecule has 0 radical (unpaired) electrons. The molecule has 0 saturated carbocycles. The van der Waals surface area contributed by atoms with E-state index in [4.69, 9.17) is 16.1 Å². The van der Waals surface area contributed by atoms with Crippen LogP contribution in [0.2, 0.25) is 5.02 Å². The first kappa shape index (κ1) is 11.0. The Morgan fingerprint density at radius 2 is 2.31 bits per heavy atom. The molecule has 1 atom stereocenters. The molecule has 5 nitrogen and oxygen atoms in total. The minimum atomic E-state index is -0.704. The minimum Gasteiger partial charge on any atom is -0.385 e. The quantitative estimate of drug-likeness (QED) is 0.889. The molecule has 0 bridgehead atoms. The molecule has 2 aromatic heterocycles. The molecule has 0 saturated heterocycles. The number of hydrogen-bond donors (Lipinski definition) is 1. The summed E-state index contributed by atoms with van der Waals surface area (Å²) in [5, 5.41) is 13.7. The molecule has 0 aromatic carbocycles. The average molecular weight is 240 g/mol. The van der Waals surface area contributed by atoms with Crippen LogP contribution in [0, 0.1) is 0 Å². The number of aliphatic hydroxyl groups excluding tert-OH is 1. The maximum Gasteiger partial charge on any atom is 0.276 e. The van der Waals surface area contributed by atoms with Crippen molar-refractivity contribution in [3.63, 3.8) is 0 Å². The highest BCUT2D eigenvalue weighted by molar-refractivity contribution is 6.30. The Labute approximate surface area is 97.1 Å². The standard InChI is InChI=1S/C10H10ClN3O2/c1-2-8(15)9-13-10(16-14-9)7-4-3-6(11)5-12-7/h3-5,8,15H,2H2,1H3. The molecule has 1 N–H and O–H groups in total. The Bertz CT molecular complexity index is 469. The summed E-state index contributed by atoms with van der Waals surface area (Å²) in [7, 11) is 0. The van der Waals surface area contributed by atoms with Gasteiger partial charge in [-0.05, 0) is 18.6 Å². The highest BCUT2D eigenvalue weighted by Gasteiger charge is 2.15. The van der Waals surface area contributed by atoms with Crippen LogP contribution in [0.25, 0.3) is 11.6 Å². The van der Waals surface area contributed by atoms with Gasteiger partial charge in [-0.1, -0.05) is 23.7 Å². The first-order valence-corrected chi connectivity index (χ1v) is 5.22. The monoisotopic (exact) mass is 239 g/mol. The van der Waals surface area contributed by atoms with E-state index in [0.717, 1.165) is 0 Å². The van der Waals surface area contributed by atoms with Crippen LogP contribution in [0.15, 0.2) is 22.9 Å². The number of hydrogen-bond acceptors (Lipinski definition) is 5. The summed E-state index contributed by atoms with van der Waals surface area (Å²) in [6, 6.07) is 3.36. The fourth-order valence-electron chi connectivity index (χ4n) is 1.16. The number of rotatable bonds is 3. The fraction of sp³-hybridized carbons (Fsp3) is 0.300. The molecule has 1 unspecified atom stereocenters. The van der Waals surface area contributed by atoms with Crippen LogP contribution in [0.5, 0.6) is 0 Å². The van der Waals surface area contributed by atoms with Gasteiger partial charge in [-0.2, -0.15) is 4.98 Å². The zero-order chi connectivity index (χ0) is 11.5. The van der Waals surface area contributed by atoms with E-state index >= 15 is 0 Å². The summed E-state index contributed by atoms with van der Waals surface area (Å²) < 4.78 is 4.99. The van der Waals surface area contributed by atoms with E-state index in [9.17, 15) is 5.11 Å². The zero-order valence-corrected chi connectivity index (χ0v) is 9.35. The van der Waals surface area contributed by atoms with Gasteiger partial charge >= 0.3 is 0 Å². The van der Waals surface area contributed by atoms with Crippen molar-refractivity contribution in [2.45, 2.75) is 19.4 Å². The largest absolute Gasteiger partial charge is 0.385 e. The Kier molecular flexibility index (Phi) is 3.17. The van der Waals surface area contributed by atoms with Gasteiger partial charge < -0.3 is 9.63 Å². The van der Waals surface area contributed by atoms with Crippen LogP contribution in [0.3, 0.4) is 0 Å². The minimum absolute atomic E-state index is 0.272. The van der Waals surface area contributed by atoms with Crippen LogP contribution < -0.4 is 0 Å². The van der Waals surface area contributed by atoms with Gasteiger partial charge in [-0.3, -0.25) is 0 Å². The van der Waals surface area contributed by atoms with Gasteiger partial charge in [0.2, 0.25) is 5.82 Å². The second-order valence-electron chi connectivity index (χ2n) is 3.24. The first-order chi connectivity index (χ1) is 7.70. The van der Waals surface area contributed by atoms with E-state index in [1.165, 1.54) is 6.20 Å². The highest BCUT2D eigenvalue weighted by atomic mass is 35.5. The Morgan fingerprint density at radius 1 is 1.50 bits per heavy atom. The number of pyridine rings is 1. The molecule has 84 valence electrons. The van der Waals surface area contributed by atoms with Gasteiger partial charge in [0.1, 0.15) is 11.8 Å². The maximum atomic E-state index is 9.51. The van der Waals surface area contributed by atoms with Gasteiger partial charge in [0, 0.05) is 6.20 Å². The normalized spacial score (nSPS) is 12.7. The second kappa shape index (κ2) is 4.59. The van der Waals surface area contributed by atoms with E-state index in [1.807, 2.05) is 6.92 Å². The molecule has 2 heterocycles. The molecule has 0 amide bonds. The van der Waals surface area contributed by atoms with Crippen molar-refractivity contribution in [1.29, 1.82) is 0 Å². The van der Waals surface area contributed by atoms with Crippen molar-refractivity contribution in [2.75, 3.05) is 0 Å². The fourth-order valence-corrected chi connectivity index (χ4v) is 1.27. The third-order valence-corrected chi connectivity index (χ3v) is 2.30. The van der Waals surface area contributed by atoms with Crippen LogP contribution in [-0.4, -0.2) is 20.2 Å². The van der Waals surface area contributed by atoms with Crippen molar-refractivity contribution in [3.05, 3.63) is 29.2 Å². The lowest BCUT2D eigenvalue weighted by molar-refractivity contribution is 0.159. The third kappa shape index (κ3) is 2.20. The second-order valence-corrected chi connectivity index (χ2v) is 3.68. The van der Waals surface area contributed by atoms with Gasteiger partial charge in [0.25, 0.3) is 5.89 Å². The molecule has 6 heteroatoms. The van der Waals surface area contributed by atoms with Gasteiger partial charge in [0.05, 0.1) is 5.02 Å². The topological polar surface area (TPSA) is 72.0 Å². The van der Waals surface area contributed by atoms with E-state index in [-0.39, 0.29) is 11.7 Å². The molecule has 0 spiro atoms. The summed E-state index contributed by atoms with van der Waals surface area (Å²) >= 11 is 5.71. The molecular formula is C10H10ClN3O2. The predicted molar refractivity (Wildman–Crippen MR) is 57.8 cm³/mol. The van der Waals surface area contributed by atoms with Gasteiger partial charge in [0.15, 0.2) is 0 Å². The summed E-state index contributed by atoms with van der Waals surface area (Å²) in [5.41, 5.74) is 0.534. The van der Waals surface area contributed by atoms with Crippen LogP contribution in [0.4, 0.5) is 0 Å². The SMILES string of the molecule is CCC(O)c1noc(-c2ccc(Cl)cn2)n1. The van der Waals surface area contributed by atoms with Crippen molar-refractivity contribution < 1.29 is 9.63 Å². The molecule has 2 aromatic rings. The number of halogens is 1. The van der Waals surface area contributed by atoms with E-state index in [1.54, 1.807) is 12.1 Å². The molecule has 16 heavy (non-hydrogen) atoms. The van der Waals surface area contributed by atoms with Crippen molar-refractivity contribution in [1.82, 2.24) is 15.1 Å². The lowest BCUT2D eigenvalue weighted by Gasteiger charge is -1.98. The molecule has 2 rings (SSSR count). The first-order valence-electron chi connectivity index (χ1n) is 4.84. The van der Waals surface area contributed by atoms with Crippen molar-refractivity contribution in [3.8, 4) is 11.6 Å². The maximum absolute atomic E-state index is 9.51. The predicted octanol–water partition coefficient (Wildman–Crippen LogP) is 2.23. The van der Waals surface area contributed by atoms with Crippen LogP contribution in [-0.2, 0) is 0 Å². The smallest absolute Gasteiger partial charge is 0.276 e. The van der Waals surface area contributed by atoms with E-state index in [0.29, 0.717) is 17.1 Å². The van der Waals surface area contributed by atoms with Gasteiger partial charge in [-0.15, -0.1) is 0 Å². The molecule has 0 fully saturated rings. The van der Waals surface area contributed by atoms with Crippen molar-refractivity contribution in [2.24, 2.45) is 0 Å². The van der Waals surface area contributed by atoms with Crippen LogP contribution in [0.1, 0.15) is 25.3 Å². The lowest BCUT2D eigenvalue weighted by Crippen LogP contribution is -1.97. The summed E-state index contributed by atoms with van der Waals surface area (Å²) in [5.74, 6) is 0.549. The Hall–Kier alpha value is -1.46. The third-order valence-electron chi connectivity index (χ3n) is 2.07. The number of aliphatic hydroxyl groups is 1. The molecule has 0 aliphatic rings. The summed E-state index contributed by atoms with van der Waals surface area (Å²) in [6.07, 6.45) is 1.33. The van der Waals surface area contributed by atoms with Crippen molar-refractivity contribution >= 4 is 11.6 Å². The molecule has 0 aliphatic heterocycles. The highest BCUT2D eigenvalue weighted by Crippen LogP contribution is 2.19. The average Bonchev–Trinajstić information content (AvgIpc) is 2.78.